The number of carbonyl (C=O) groups excluding carboxylic acids is 1. The van der Waals surface area contributed by atoms with Crippen LogP contribution in [-0.2, 0) is 17.1 Å². The molecule has 27 heavy (non-hydrogen) atoms. The third-order valence-corrected chi connectivity index (χ3v) is 4.03. The molecule has 0 unspecified atom stereocenters. The van der Waals surface area contributed by atoms with Gasteiger partial charge in [-0.2, -0.15) is 26.3 Å². The second-order valence-electron chi connectivity index (χ2n) is 5.31. The van der Waals surface area contributed by atoms with Gasteiger partial charge in [0.1, 0.15) is 6.33 Å². The molecule has 12 heteroatoms. The van der Waals surface area contributed by atoms with Crippen LogP contribution < -0.4 is 0 Å². The van der Waals surface area contributed by atoms with E-state index in [9.17, 15) is 31.1 Å². The molecule has 5 nitrogen and oxygen atoms in total. The number of halogens is 7. The standard InChI is InChI=1S/C15H11BrF6N4O/c1-25(7-16)12(27)2-3-26-8-23-13(24-26)9-4-10(14(17,18)19)6-11(5-9)15(20,21)22/h2-6,8H,7H2,1H3/b3-2-. The van der Waals surface area contributed by atoms with Gasteiger partial charge in [0.2, 0.25) is 5.91 Å². The molecule has 0 fully saturated rings. The Labute approximate surface area is 157 Å². The van der Waals surface area contributed by atoms with Crippen LogP contribution in [0.3, 0.4) is 0 Å². The molecular weight excluding hydrogens is 446 g/mol. The predicted octanol–water partition coefficient (Wildman–Crippen LogP) is 4.26. The summed E-state index contributed by atoms with van der Waals surface area (Å²) in [5.74, 6) is -0.750. The van der Waals surface area contributed by atoms with Gasteiger partial charge in [-0.25, -0.2) is 9.67 Å². The maximum absolute atomic E-state index is 12.9. The molecule has 0 N–H and O–H groups in total. The lowest BCUT2D eigenvalue weighted by Gasteiger charge is -2.13. The van der Waals surface area contributed by atoms with Crippen LogP contribution in [0.25, 0.3) is 17.6 Å². The zero-order valence-corrected chi connectivity index (χ0v) is 15.1. The van der Waals surface area contributed by atoms with Gasteiger partial charge in [-0.15, -0.1) is 5.10 Å². The Balaban J connectivity index is 2.40. The largest absolute Gasteiger partial charge is 0.416 e. The quantitative estimate of drug-likeness (QED) is 0.299. The van der Waals surface area contributed by atoms with Gasteiger partial charge in [-0.1, -0.05) is 15.9 Å². The van der Waals surface area contributed by atoms with E-state index in [0.717, 1.165) is 17.1 Å². The predicted molar refractivity (Wildman–Crippen MR) is 87.4 cm³/mol. The fraction of sp³-hybridized carbons (Fsp3) is 0.267. The first-order valence-electron chi connectivity index (χ1n) is 7.12. The van der Waals surface area contributed by atoms with Crippen molar-refractivity contribution in [1.82, 2.24) is 19.7 Å². The molecule has 1 aromatic heterocycles. The number of benzene rings is 1. The monoisotopic (exact) mass is 456 g/mol. The molecule has 0 aliphatic rings. The molecule has 0 saturated carbocycles. The van der Waals surface area contributed by atoms with E-state index < -0.39 is 35.0 Å². The Hall–Kier alpha value is -2.37. The Morgan fingerprint density at radius 1 is 1.15 bits per heavy atom. The van der Waals surface area contributed by atoms with Gasteiger partial charge in [0.25, 0.3) is 0 Å². The molecule has 0 atom stereocenters. The Morgan fingerprint density at radius 3 is 2.19 bits per heavy atom. The number of amides is 1. The lowest BCUT2D eigenvalue weighted by molar-refractivity contribution is -0.143. The van der Waals surface area contributed by atoms with Crippen molar-refractivity contribution in [1.29, 1.82) is 0 Å². The van der Waals surface area contributed by atoms with E-state index in [-0.39, 0.29) is 17.3 Å². The van der Waals surface area contributed by atoms with Crippen molar-refractivity contribution in [3.05, 3.63) is 41.7 Å². The van der Waals surface area contributed by atoms with Gasteiger partial charge in [0, 0.05) is 24.9 Å². The van der Waals surface area contributed by atoms with Crippen LogP contribution >= 0.6 is 15.9 Å². The number of carbonyl (C=O) groups is 1. The van der Waals surface area contributed by atoms with Crippen molar-refractivity contribution >= 4 is 28.0 Å². The third kappa shape index (κ3) is 5.31. The van der Waals surface area contributed by atoms with Crippen LogP contribution in [0.4, 0.5) is 26.3 Å². The average Bonchev–Trinajstić information content (AvgIpc) is 3.06. The van der Waals surface area contributed by atoms with Gasteiger partial charge in [0.05, 0.1) is 16.6 Å². The second-order valence-corrected chi connectivity index (χ2v) is 5.82. The summed E-state index contributed by atoms with van der Waals surface area (Å²) in [6.07, 6.45) is -6.58. The van der Waals surface area contributed by atoms with E-state index in [4.69, 9.17) is 0 Å². The van der Waals surface area contributed by atoms with Crippen LogP contribution in [-0.4, -0.2) is 38.1 Å². The zero-order chi connectivity index (χ0) is 20.4. The minimum atomic E-state index is -4.97. The van der Waals surface area contributed by atoms with E-state index in [0.29, 0.717) is 12.1 Å². The number of alkyl halides is 7. The molecule has 1 heterocycles. The summed E-state index contributed by atoms with van der Waals surface area (Å²) < 4.78 is 78.4. The summed E-state index contributed by atoms with van der Waals surface area (Å²) in [5, 5.41) is 3.79. The van der Waals surface area contributed by atoms with Gasteiger partial charge in [0.15, 0.2) is 5.82 Å². The van der Waals surface area contributed by atoms with Gasteiger partial charge in [-0.3, -0.25) is 4.79 Å². The van der Waals surface area contributed by atoms with Crippen molar-refractivity contribution in [2.75, 3.05) is 12.5 Å². The fourth-order valence-electron chi connectivity index (χ4n) is 1.89. The van der Waals surface area contributed by atoms with E-state index in [1.165, 1.54) is 18.1 Å². The topological polar surface area (TPSA) is 51.0 Å². The smallest absolute Gasteiger partial charge is 0.332 e. The highest BCUT2D eigenvalue weighted by Gasteiger charge is 2.37. The van der Waals surface area contributed by atoms with Crippen LogP contribution in [0.1, 0.15) is 11.1 Å². The van der Waals surface area contributed by atoms with E-state index >= 15 is 0 Å². The summed E-state index contributed by atoms with van der Waals surface area (Å²) in [6.45, 7) is 0. The lowest BCUT2D eigenvalue weighted by Crippen LogP contribution is -2.22. The van der Waals surface area contributed by atoms with Crippen LogP contribution in [0.5, 0.6) is 0 Å². The van der Waals surface area contributed by atoms with Gasteiger partial charge >= 0.3 is 12.4 Å². The van der Waals surface area contributed by atoms with E-state index in [1.54, 1.807) is 0 Å². The van der Waals surface area contributed by atoms with E-state index in [2.05, 4.69) is 26.0 Å². The summed E-state index contributed by atoms with van der Waals surface area (Å²) in [7, 11) is 1.51. The first kappa shape index (κ1) is 20.9. The lowest BCUT2D eigenvalue weighted by atomic mass is 10.0. The van der Waals surface area contributed by atoms with Crippen LogP contribution in [0.2, 0.25) is 0 Å². The van der Waals surface area contributed by atoms with Gasteiger partial charge in [-0.05, 0) is 18.2 Å². The first-order chi connectivity index (χ1) is 12.4. The highest BCUT2D eigenvalue weighted by Crippen LogP contribution is 2.37. The molecule has 1 amide bonds. The zero-order valence-electron chi connectivity index (χ0n) is 13.5. The molecule has 0 radical (unpaired) electrons. The SMILES string of the molecule is CN(CBr)C(=O)/C=C\n1cnc(-c2cc(C(F)(F)F)cc(C(F)(F)F)c2)n1. The molecule has 1 aromatic carbocycles. The minimum Gasteiger partial charge on any atom is -0.332 e. The number of nitrogens with zero attached hydrogens (tertiary/aromatic N) is 4. The molecule has 2 rings (SSSR count). The molecule has 0 bridgehead atoms. The highest BCUT2D eigenvalue weighted by molar-refractivity contribution is 9.09. The summed E-state index contributed by atoms with van der Waals surface area (Å²) in [5.41, 5.74) is -3.11. The van der Waals surface area contributed by atoms with E-state index in [1.807, 2.05) is 0 Å². The van der Waals surface area contributed by atoms with Crippen molar-refractivity contribution < 1.29 is 31.1 Å². The molecule has 2 aromatic rings. The normalized spacial score (nSPS) is 12.6. The second kappa shape index (κ2) is 7.71. The number of rotatable bonds is 4. The Kier molecular flexibility index (Phi) is 5.97. The van der Waals surface area contributed by atoms with Crippen LogP contribution in [0, 0.1) is 0 Å². The first-order valence-corrected chi connectivity index (χ1v) is 8.24. The number of aromatic nitrogens is 3. The molecular formula is C15H11BrF6N4O. The highest BCUT2D eigenvalue weighted by atomic mass is 79.9. The number of likely N-dealkylation sites (N-methyl/N-ethyl adjacent to an activating group) is 1. The van der Waals surface area contributed by atoms with Crippen molar-refractivity contribution in [3.8, 4) is 11.4 Å². The van der Waals surface area contributed by atoms with Crippen molar-refractivity contribution in [2.24, 2.45) is 0 Å². The minimum absolute atomic E-state index is 0.0230. The maximum atomic E-state index is 12.9. The van der Waals surface area contributed by atoms with Crippen molar-refractivity contribution in [3.63, 3.8) is 0 Å². The molecule has 0 aliphatic carbocycles. The number of hydrogen-bond acceptors (Lipinski definition) is 3. The maximum Gasteiger partial charge on any atom is 0.416 e. The van der Waals surface area contributed by atoms with Gasteiger partial charge < -0.3 is 4.90 Å². The average molecular weight is 457 g/mol. The molecule has 0 spiro atoms. The summed E-state index contributed by atoms with van der Waals surface area (Å²) in [4.78, 5) is 16.6. The Bertz CT molecular complexity index is 826. The molecule has 0 aliphatic heterocycles. The third-order valence-electron chi connectivity index (χ3n) is 3.28. The van der Waals surface area contributed by atoms with Crippen molar-refractivity contribution in [2.45, 2.75) is 12.4 Å². The Morgan fingerprint density at radius 2 is 1.70 bits per heavy atom. The summed E-state index contributed by atoms with van der Waals surface area (Å²) >= 11 is 3.07. The summed E-state index contributed by atoms with van der Waals surface area (Å²) in [6, 6.07) is 1.08. The fourth-order valence-corrected chi connectivity index (χ4v) is 2.14. The number of hydrogen-bond donors (Lipinski definition) is 0. The molecule has 0 saturated heterocycles. The molecule has 146 valence electrons. The van der Waals surface area contributed by atoms with Crippen LogP contribution in [0.15, 0.2) is 30.6 Å².